The molecule has 2 fully saturated rings. The van der Waals surface area contributed by atoms with Gasteiger partial charge in [-0.05, 0) is 19.8 Å². The van der Waals surface area contributed by atoms with Crippen molar-refractivity contribution in [2.24, 2.45) is 0 Å². The molecule has 3 heterocycles. The van der Waals surface area contributed by atoms with Crippen LogP contribution in [0.3, 0.4) is 0 Å². The van der Waals surface area contributed by atoms with Crippen molar-refractivity contribution in [3.63, 3.8) is 0 Å². The number of hydrogen-bond donors (Lipinski definition) is 1. The molecule has 0 spiro atoms. The number of hydrogen-bond acceptors (Lipinski definition) is 5. The highest BCUT2D eigenvalue weighted by atomic mass is 32.1. The lowest BCUT2D eigenvalue weighted by Gasteiger charge is -2.28. The van der Waals surface area contributed by atoms with Gasteiger partial charge in [-0.3, -0.25) is 5.21 Å². The molecule has 2 amide bonds. The summed E-state index contributed by atoms with van der Waals surface area (Å²) < 4.78 is 0. The summed E-state index contributed by atoms with van der Waals surface area (Å²) in [6.45, 7) is 2.50. The quantitative estimate of drug-likeness (QED) is 0.748. The predicted octanol–water partition coefficient (Wildman–Crippen LogP) is 1.18. The summed E-state index contributed by atoms with van der Waals surface area (Å²) in [5.41, 5.74) is 0. The number of piperidine rings is 1. The Balaban J connectivity index is 1.90. The highest BCUT2D eigenvalue weighted by Gasteiger charge is 2.45. The molecule has 0 radical (unpaired) electrons. The number of aryl methyl sites for hydroxylation is 1. The SMILES string of the molecule is Cc1nnc(C2CCC3CN2C(=O)N3O)s1. The van der Waals surface area contributed by atoms with Gasteiger partial charge in [0.25, 0.3) is 0 Å². The lowest BCUT2D eigenvalue weighted by Crippen LogP contribution is -2.33. The minimum absolute atomic E-state index is 0.00731. The van der Waals surface area contributed by atoms with E-state index in [0.717, 1.165) is 27.9 Å². The molecule has 1 N–H and O–H groups in total. The highest BCUT2D eigenvalue weighted by molar-refractivity contribution is 7.11. The number of nitrogens with zero attached hydrogens (tertiary/aromatic N) is 4. The number of carbonyl (C=O) groups is 1. The Hall–Kier alpha value is -1.21. The van der Waals surface area contributed by atoms with E-state index in [9.17, 15) is 10.0 Å². The van der Waals surface area contributed by atoms with E-state index in [1.807, 2.05) is 6.92 Å². The van der Waals surface area contributed by atoms with Gasteiger partial charge in [0.05, 0.1) is 12.1 Å². The first-order chi connectivity index (χ1) is 7.66. The van der Waals surface area contributed by atoms with E-state index < -0.39 is 0 Å². The summed E-state index contributed by atoms with van der Waals surface area (Å²) in [5, 5.41) is 20.2. The minimum atomic E-state index is -0.305. The van der Waals surface area contributed by atoms with Crippen LogP contribution in [-0.2, 0) is 0 Å². The smallest absolute Gasteiger partial charge is 0.311 e. The van der Waals surface area contributed by atoms with Gasteiger partial charge in [-0.2, -0.15) is 0 Å². The zero-order valence-electron chi connectivity index (χ0n) is 8.83. The average Bonchev–Trinajstić information content (AvgIpc) is 2.80. The molecule has 1 aromatic rings. The van der Waals surface area contributed by atoms with E-state index in [2.05, 4.69) is 10.2 Å². The maximum atomic E-state index is 11.7. The fraction of sp³-hybridized carbons (Fsp3) is 0.667. The average molecular weight is 240 g/mol. The first-order valence-corrected chi connectivity index (χ1v) is 6.07. The highest BCUT2D eigenvalue weighted by Crippen LogP contribution is 2.38. The molecule has 0 saturated carbocycles. The minimum Gasteiger partial charge on any atom is -0.311 e. The molecule has 1 aromatic heterocycles. The zero-order valence-corrected chi connectivity index (χ0v) is 9.65. The van der Waals surface area contributed by atoms with Gasteiger partial charge in [0.2, 0.25) is 0 Å². The number of hydroxylamine groups is 2. The van der Waals surface area contributed by atoms with Crippen LogP contribution in [0.15, 0.2) is 0 Å². The summed E-state index contributed by atoms with van der Waals surface area (Å²) >= 11 is 1.52. The first-order valence-electron chi connectivity index (χ1n) is 5.25. The molecule has 2 saturated heterocycles. The van der Waals surface area contributed by atoms with Crippen LogP contribution in [0.4, 0.5) is 4.79 Å². The van der Waals surface area contributed by atoms with E-state index in [4.69, 9.17) is 0 Å². The third-order valence-corrected chi connectivity index (χ3v) is 4.11. The van der Waals surface area contributed by atoms with E-state index >= 15 is 0 Å². The van der Waals surface area contributed by atoms with Gasteiger partial charge >= 0.3 is 6.03 Å². The van der Waals surface area contributed by atoms with Gasteiger partial charge < -0.3 is 4.90 Å². The van der Waals surface area contributed by atoms with Gasteiger partial charge in [0, 0.05) is 6.54 Å². The Kier molecular flexibility index (Phi) is 2.11. The van der Waals surface area contributed by atoms with Gasteiger partial charge in [0.1, 0.15) is 10.0 Å². The second-order valence-electron chi connectivity index (χ2n) is 4.19. The predicted molar refractivity (Wildman–Crippen MR) is 56.1 cm³/mol. The Morgan fingerprint density at radius 3 is 2.94 bits per heavy atom. The van der Waals surface area contributed by atoms with Gasteiger partial charge in [-0.25, -0.2) is 9.86 Å². The van der Waals surface area contributed by atoms with E-state index in [1.165, 1.54) is 11.3 Å². The lowest BCUT2D eigenvalue weighted by molar-refractivity contribution is -0.0584. The number of rotatable bonds is 1. The molecule has 86 valence electrons. The molecular weight excluding hydrogens is 228 g/mol. The van der Waals surface area contributed by atoms with Gasteiger partial charge in [0.15, 0.2) is 0 Å². The third kappa shape index (κ3) is 1.31. The van der Waals surface area contributed by atoms with Crippen molar-refractivity contribution in [2.45, 2.75) is 31.8 Å². The van der Waals surface area contributed by atoms with E-state index in [-0.39, 0.29) is 18.1 Å². The van der Waals surface area contributed by atoms with Crippen LogP contribution in [0.2, 0.25) is 0 Å². The Morgan fingerprint density at radius 1 is 1.44 bits per heavy atom. The van der Waals surface area contributed by atoms with Crippen LogP contribution in [-0.4, -0.2) is 44.0 Å². The summed E-state index contributed by atoms with van der Waals surface area (Å²) in [4.78, 5) is 13.4. The third-order valence-electron chi connectivity index (χ3n) is 3.17. The van der Waals surface area contributed by atoms with Gasteiger partial charge in [-0.15, -0.1) is 10.2 Å². The molecule has 3 rings (SSSR count). The Morgan fingerprint density at radius 2 is 2.25 bits per heavy atom. The van der Waals surface area contributed by atoms with Crippen LogP contribution in [0, 0.1) is 6.92 Å². The topological polar surface area (TPSA) is 69.6 Å². The Labute approximate surface area is 96.5 Å². The largest absolute Gasteiger partial charge is 0.344 e. The van der Waals surface area contributed by atoms with Crippen molar-refractivity contribution in [1.29, 1.82) is 0 Å². The van der Waals surface area contributed by atoms with Crippen LogP contribution in [0.25, 0.3) is 0 Å². The van der Waals surface area contributed by atoms with Crippen LogP contribution < -0.4 is 0 Å². The molecule has 6 nitrogen and oxygen atoms in total. The number of urea groups is 1. The van der Waals surface area contributed by atoms with Crippen LogP contribution in [0.1, 0.15) is 28.9 Å². The van der Waals surface area contributed by atoms with Crippen molar-refractivity contribution in [3.05, 3.63) is 10.0 Å². The molecule has 2 aliphatic heterocycles. The summed E-state index contributed by atoms with van der Waals surface area (Å²) in [7, 11) is 0. The molecule has 2 bridgehead atoms. The molecule has 2 unspecified atom stereocenters. The van der Waals surface area contributed by atoms with E-state index in [1.54, 1.807) is 4.90 Å². The lowest BCUT2D eigenvalue weighted by atomic mass is 10.0. The van der Waals surface area contributed by atoms with Crippen LogP contribution in [0.5, 0.6) is 0 Å². The summed E-state index contributed by atoms with van der Waals surface area (Å²) in [6, 6.07) is -0.356. The normalized spacial score (nSPS) is 29.0. The number of carbonyl (C=O) groups excluding carboxylic acids is 1. The van der Waals surface area contributed by atoms with E-state index in [0.29, 0.717) is 6.54 Å². The second-order valence-corrected chi connectivity index (χ2v) is 5.40. The monoisotopic (exact) mass is 240 g/mol. The van der Waals surface area contributed by atoms with Crippen LogP contribution >= 0.6 is 11.3 Å². The van der Waals surface area contributed by atoms with Crippen molar-refractivity contribution in [3.8, 4) is 0 Å². The van der Waals surface area contributed by atoms with Gasteiger partial charge in [-0.1, -0.05) is 11.3 Å². The zero-order chi connectivity index (χ0) is 11.3. The van der Waals surface area contributed by atoms with Crippen molar-refractivity contribution in [1.82, 2.24) is 20.2 Å². The summed E-state index contributed by atoms with van der Waals surface area (Å²) in [5.74, 6) is 0. The fourth-order valence-electron chi connectivity index (χ4n) is 2.35. The molecule has 0 aromatic carbocycles. The number of amides is 2. The molecule has 7 heteroatoms. The molecular formula is C9H12N4O2S. The summed E-state index contributed by atoms with van der Waals surface area (Å²) in [6.07, 6.45) is 1.67. The molecule has 2 atom stereocenters. The van der Waals surface area contributed by atoms with Crippen molar-refractivity contribution >= 4 is 17.4 Å². The molecule has 16 heavy (non-hydrogen) atoms. The first kappa shape index (κ1) is 9.98. The Bertz CT molecular complexity index is 435. The second kappa shape index (κ2) is 3.39. The molecule has 2 aliphatic rings. The van der Waals surface area contributed by atoms with Crippen molar-refractivity contribution in [2.75, 3.05) is 6.54 Å². The maximum absolute atomic E-state index is 11.7. The van der Waals surface area contributed by atoms with Crippen molar-refractivity contribution < 1.29 is 10.0 Å². The number of aromatic nitrogens is 2. The standard InChI is InChI=1S/C9H12N4O2S/c1-5-10-11-8(16-5)7-3-2-6-4-12(7)9(14)13(6)15/h6-7,15H,2-4H2,1H3. The number of fused-ring (bicyclic) bond motifs is 2. The fourth-order valence-corrected chi connectivity index (χ4v) is 3.20. The maximum Gasteiger partial charge on any atom is 0.344 e. The molecule has 0 aliphatic carbocycles.